The van der Waals surface area contributed by atoms with Gasteiger partial charge in [-0.15, -0.1) is 0 Å². The molecule has 0 radical (unpaired) electrons. The summed E-state index contributed by atoms with van der Waals surface area (Å²) in [4.78, 5) is 60.2. The smallest absolute Gasteiger partial charge is 0.326 e. The van der Waals surface area contributed by atoms with Crippen molar-refractivity contribution < 1.29 is 34.2 Å². The van der Waals surface area contributed by atoms with E-state index in [0.29, 0.717) is 19.4 Å². The van der Waals surface area contributed by atoms with E-state index < -0.39 is 66.2 Å². The Morgan fingerprint density at radius 3 is 1.85 bits per heavy atom. The fraction of sp³-hybridized carbons (Fsp3) is 0.762. The number of carboxylic acid groups (broad SMARTS) is 2. The van der Waals surface area contributed by atoms with Crippen LogP contribution in [0.4, 0.5) is 0 Å². The van der Waals surface area contributed by atoms with Crippen LogP contribution in [0, 0.1) is 11.8 Å². The molecule has 0 aliphatic rings. The van der Waals surface area contributed by atoms with Gasteiger partial charge in [0.15, 0.2) is 0 Å². The van der Waals surface area contributed by atoms with Gasteiger partial charge in [-0.25, -0.2) is 4.79 Å². The average molecular weight is 474 g/mol. The molecule has 0 aliphatic carbocycles. The minimum absolute atomic E-state index is 0.0206. The van der Waals surface area contributed by atoms with E-state index in [2.05, 4.69) is 16.0 Å². The first-order chi connectivity index (χ1) is 15.3. The van der Waals surface area contributed by atoms with Crippen LogP contribution < -0.4 is 27.4 Å². The molecule has 0 saturated heterocycles. The third kappa shape index (κ3) is 12.2. The fourth-order valence-corrected chi connectivity index (χ4v) is 3.06. The zero-order chi connectivity index (χ0) is 25.7. The van der Waals surface area contributed by atoms with Crippen LogP contribution in [0.2, 0.25) is 0 Å². The molecule has 9 N–H and O–H groups in total. The van der Waals surface area contributed by atoms with E-state index in [1.54, 1.807) is 13.8 Å². The number of carboxylic acids is 2. The van der Waals surface area contributed by atoms with Gasteiger partial charge in [0.1, 0.15) is 18.1 Å². The number of nitrogens with one attached hydrogen (secondary N) is 3. The van der Waals surface area contributed by atoms with Crippen LogP contribution in [-0.2, 0) is 24.0 Å². The first-order valence-electron chi connectivity index (χ1n) is 11.1. The average Bonchev–Trinajstić information content (AvgIpc) is 2.69. The van der Waals surface area contributed by atoms with E-state index in [0.717, 1.165) is 0 Å². The van der Waals surface area contributed by atoms with Crippen LogP contribution in [-0.4, -0.2) is 70.6 Å². The molecule has 0 fully saturated rings. The molecule has 190 valence electrons. The molecule has 0 rings (SSSR count). The molecular weight excluding hydrogens is 434 g/mol. The highest BCUT2D eigenvalue weighted by Crippen LogP contribution is 2.09. The van der Waals surface area contributed by atoms with Crippen molar-refractivity contribution in [2.75, 3.05) is 6.54 Å². The molecular formula is C21H39N5O7. The second kappa shape index (κ2) is 15.2. The third-order valence-electron chi connectivity index (χ3n) is 4.88. The highest BCUT2D eigenvalue weighted by atomic mass is 16.4. The van der Waals surface area contributed by atoms with E-state index >= 15 is 0 Å². The van der Waals surface area contributed by atoms with E-state index in [1.165, 1.54) is 0 Å². The summed E-state index contributed by atoms with van der Waals surface area (Å²) >= 11 is 0. The maximum absolute atomic E-state index is 12.9. The highest BCUT2D eigenvalue weighted by Gasteiger charge is 2.32. The number of rotatable bonds is 16. The quantitative estimate of drug-likeness (QED) is 0.139. The van der Waals surface area contributed by atoms with Crippen LogP contribution in [0.5, 0.6) is 0 Å². The maximum Gasteiger partial charge on any atom is 0.326 e. The molecule has 0 spiro atoms. The summed E-state index contributed by atoms with van der Waals surface area (Å²) in [6.07, 6.45) is 0.951. The minimum atomic E-state index is -1.34. The van der Waals surface area contributed by atoms with Gasteiger partial charge in [-0.2, -0.15) is 0 Å². The van der Waals surface area contributed by atoms with E-state index in [-0.39, 0.29) is 18.8 Å². The minimum Gasteiger partial charge on any atom is -0.481 e. The van der Waals surface area contributed by atoms with Crippen LogP contribution in [0.15, 0.2) is 0 Å². The summed E-state index contributed by atoms with van der Waals surface area (Å²) < 4.78 is 0. The van der Waals surface area contributed by atoms with Gasteiger partial charge in [-0.05, 0) is 44.1 Å². The Balaban J connectivity index is 5.45. The Morgan fingerprint density at radius 2 is 1.39 bits per heavy atom. The molecule has 0 aromatic carbocycles. The fourth-order valence-electron chi connectivity index (χ4n) is 3.06. The Bertz CT molecular complexity index is 684. The second-order valence-electron chi connectivity index (χ2n) is 8.81. The number of amides is 3. The van der Waals surface area contributed by atoms with Gasteiger partial charge in [0.25, 0.3) is 0 Å². The normalized spacial score (nSPS) is 14.8. The monoisotopic (exact) mass is 473 g/mol. The number of hydrogen-bond donors (Lipinski definition) is 7. The number of unbranched alkanes of at least 4 members (excludes halogenated alkanes) is 1. The molecule has 0 heterocycles. The van der Waals surface area contributed by atoms with Crippen LogP contribution >= 0.6 is 0 Å². The Labute approximate surface area is 194 Å². The number of aliphatic carboxylic acids is 2. The standard InChI is InChI=1S/C21H39N5O7/c1-11(2)9-15(21(32)33)25-19(30)14(7-5-6-8-22)24-20(31)17(12(3)4)26-18(29)13(23)10-16(27)28/h11-15,17H,5-10,22-23H2,1-4H3,(H,24,31)(H,25,30)(H,26,29)(H,27,28)(H,32,33). The van der Waals surface area contributed by atoms with E-state index in [9.17, 15) is 29.1 Å². The van der Waals surface area contributed by atoms with Gasteiger partial charge >= 0.3 is 11.9 Å². The van der Waals surface area contributed by atoms with Crippen LogP contribution in [0.3, 0.4) is 0 Å². The lowest BCUT2D eigenvalue weighted by Gasteiger charge is -2.27. The molecule has 0 aromatic rings. The van der Waals surface area contributed by atoms with Crippen LogP contribution in [0.25, 0.3) is 0 Å². The van der Waals surface area contributed by atoms with Gasteiger partial charge < -0.3 is 37.6 Å². The zero-order valence-electron chi connectivity index (χ0n) is 19.8. The largest absolute Gasteiger partial charge is 0.481 e. The SMILES string of the molecule is CC(C)CC(NC(=O)C(CCCCN)NC(=O)C(NC(=O)C(N)CC(=O)O)C(C)C)C(=O)O. The van der Waals surface area contributed by atoms with E-state index in [4.69, 9.17) is 16.6 Å². The number of carbonyl (C=O) groups is 5. The lowest BCUT2D eigenvalue weighted by Crippen LogP contribution is -2.58. The first-order valence-corrected chi connectivity index (χ1v) is 11.1. The summed E-state index contributed by atoms with van der Waals surface area (Å²) in [5, 5.41) is 25.7. The summed E-state index contributed by atoms with van der Waals surface area (Å²) in [7, 11) is 0. The summed E-state index contributed by atoms with van der Waals surface area (Å²) in [6, 6.07) is -4.56. The number of nitrogens with two attached hydrogens (primary N) is 2. The number of carbonyl (C=O) groups excluding carboxylic acids is 3. The number of hydrogen-bond acceptors (Lipinski definition) is 7. The predicted octanol–water partition coefficient (Wildman–Crippen LogP) is -0.841. The molecule has 4 atom stereocenters. The van der Waals surface area contributed by atoms with Gasteiger partial charge in [-0.1, -0.05) is 27.7 Å². The van der Waals surface area contributed by atoms with Gasteiger partial charge in [0.2, 0.25) is 17.7 Å². The molecule has 0 bridgehead atoms. The predicted molar refractivity (Wildman–Crippen MR) is 121 cm³/mol. The van der Waals surface area contributed by atoms with Crippen molar-refractivity contribution in [3.8, 4) is 0 Å². The van der Waals surface area contributed by atoms with Crippen molar-refractivity contribution in [2.45, 2.75) is 84.0 Å². The van der Waals surface area contributed by atoms with Crippen molar-refractivity contribution in [1.29, 1.82) is 0 Å². The molecule has 33 heavy (non-hydrogen) atoms. The highest BCUT2D eigenvalue weighted by molar-refractivity contribution is 5.94. The van der Waals surface area contributed by atoms with Crippen molar-refractivity contribution >= 4 is 29.7 Å². The molecule has 4 unspecified atom stereocenters. The third-order valence-corrected chi connectivity index (χ3v) is 4.88. The zero-order valence-corrected chi connectivity index (χ0v) is 19.8. The molecule has 3 amide bonds. The Hall–Kier alpha value is -2.73. The van der Waals surface area contributed by atoms with Crippen molar-refractivity contribution in [1.82, 2.24) is 16.0 Å². The Kier molecular flexibility index (Phi) is 13.9. The van der Waals surface area contributed by atoms with Crippen molar-refractivity contribution in [3.63, 3.8) is 0 Å². The van der Waals surface area contributed by atoms with Gasteiger partial charge in [0.05, 0.1) is 12.5 Å². The van der Waals surface area contributed by atoms with E-state index in [1.807, 2.05) is 13.8 Å². The summed E-state index contributed by atoms with van der Waals surface area (Å²) in [5.41, 5.74) is 11.1. The van der Waals surface area contributed by atoms with Crippen LogP contribution in [0.1, 0.15) is 59.8 Å². The molecule has 0 aromatic heterocycles. The summed E-state index contributed by atoms with van der Waals surface area (Å²) in [6.45, 7) is 7.38. The Morgan fingerprint density at radius 1 is 0.818 bits per heavy atom. The molecule has 0 saturated carbocycles. The first kappa shape index (κ1) is 30.3. The molecule has 0 aliphatic heterocycles. The lowest BCUT2D eigenvalue weighted by atomic mass is 10.00. The van der Waals surface area contributed by atoms with Crippen molar-refractivity contribution in [2.24, 2.45) is 23.3 Å². The molecule has 12 nitrogen and oxygen atoms in total. The van der Waals surface area contributed by atoms with Gasteiger partial charge in [0, 0.05) is 0 Å². The second-order valence-corrected chi connectivity index (χ2v) is 8.81. The maximum atomic E-state index is 12.9. The topological polar surface area (TPSA) is 214 Å². The van der Waals surface area contributed by atoms with Gasteiger partial charge in [-0.3, -0.25) is 19.2 Å². The van der Waals surface area contributed by atoms with Crippen molar-refractivity contribution in [3.05, 3.63) is 0 Å². The lowest BCUT2D eigenvalue weighted by molar-refractivity contribution is -0.143. The summed E-state index contributed by atoms with van der Waals surface area (Å²) in [5.74, 6) is -4.93. The molecule has 12 heteroatoms.